The quantitative estimate of drug-likeness (QED) is 0.325. The molecule has 0 saturated carbocycles. The number of nitrogens with zero attached hydrogens (tertiary/aromatic N) is 1. The van der Waals surface area contributed by atoms with Crippen molar-refractivity contribution < 1.29 is 9.47 Å². The largest absolute Gasteiger partial charge is 0.496 e. The van der Waals surface area contributed by atoms with Crippen LogP contribution in [0.2, 0.25) is 0 Å². The second kappa shape index (κ2) is 8.60. The Bertz CT molecular complexity index is 623. The third kappa shape index (κ3) is 4.34. The molecule has 2 N–H and O–H groups in total. The van der Waals surface area contributed by atoms with Gasteiger partial charge in [0, 0.05) is 37.2 Å². The molecule has 2 aliphatic rings. The predicted molar refractivity (Wildman–Crippen MR) is 108 cm³/mol. The van der Waals surface area contributed by atoms with Crippen molar-refractivity contribution >= 4 is 29.9 Å². The molecule has 132 valence electrons. The summed E-state index contributed by atoms with van der Waals surface area (Å²) in [6.07, 6.45) is 7.68. The molecule has 0 aromatic heterocycles. The molecule has 0 amide bonds. The van der Waals surface area contributed by atoms with E-state index in [0.29, 0.717) is 12.6 Å². The van der Waals surface area contributed by atoms with Crippen LogP contribution in [-0.2, 0) is 13.0 Å². The first-order chi connectivity index (χ1) is 11.2. The molecule has 1 aromatic rings. The number of benzene rings is 1. The zero-order valence-corrected chi connectivity index (χ0v) is 16.8. The number of hydrogen-bond donors (Lipinski definition) is 2. The van der Waals surface area contributed by atoms with E-state index >= 15 is 0 Å². The van der Waals surface area contributed by atoms with Crippen LogP contribution in [0.1, 0.15) is 30.9 Å². The molecule has 0 radical (unpaired) electrons. The number of fused-ring (bicyclic) bond motifs is 1. The Morgan fingerprint density at radius 2 is 2.08 bits per heavy atom. The maximum atomic E-state index is 5.85. The van der Waals surface area contributed by atoms with Gasteiger partial charge in [-0.15, -0.1) is 24.0 Å². The van der Waals surface area contributed by atoms with Gasteiger partial charge < -0.3 is 20.1 Å². The fourth-order valence-corrected chi connectivity index (χ4v) is 3.11. The first-order valence-corrected chi connectivity index (χ1v) is 8.18. The predicted octanol–water partition coefficient (Wildman–Crippen LogP) is 3.02. The Morgan fingerprint density at radius 1 is 1.33 bits per heavy atom. The highest BCUT2D eigenvalue weighted by atomic mass is 127. The SMILES string of the molecule is CN=C(NCc1cc2c(cc1OC)CC(C)O2)NC1CC=CC1.I. The van der Waals surface area contributed by atoms with Crippen LogP contribution in [0.25, 0.3) is 0 Å². The fourth-order valence-electron chi connectivity index (χ4n) is 3.11. The summed E-state index contributed by atoms with van der Waals surface area (Å²) in [6, 6.07) is 4.61. The number of hydrogen-bond acceptors (Lipinski definition) is 3. The van der Waals surface area contributed by atoms with Gasteiger partial charge in [0.25, 0.3) is 0 Å². The van der Waals surface area contributed by atoms with E-state index < -0.39 is 0 Å². The van der Waals surface area contributed by atoms with Crippen molar-refractivity contribution in [3.05, 3.63) is 35.4 Å². The van der Waals surface area contributed by atoms with Gasteiger partial charge in [-0.25, -0.2) is 0 Å². The molecule has 1 heterocycles. The van der Waals surface area contributed by atoms with Crippen molar-refractivity contribution in [1.29, 1.82) is 0 Å². The molecule has 1 aliphatic heterocycles. The summed E-state index contributed by atoms with van der Waals surface area (Å²) in [6.45, 7) is 2.74. The van der Waals surface area contributed by atoms with Gasteiger partial charge in [-0.2, -0.15) is 0 Å². The molecule has 3 rings (SSSR count). The smallest absolute Gasteiger partial charge is 0.191 e. The van der Waals surface area contributed by atoms with Gasteiger partial charge >= 0.3 is 0 Å². The molecule has 24 heavy (non-hydrogen) atoms. The molecule has 1 aliphatic carbocycles. The van der Waals surface area contributed by atoms with E-state index in [-0.39, 0.29) is 30.1 Å². The number of nitrogens with one attached hydrogen (secondary N) is 2. The molecule has 0 bridgehead atoms. The van der Waals surface area contributed by atoms with Crippen molar-refractivity contribution in [2.24, 2.45) is 4.99 Å². The van der Waals surface area contributed by atoms with Crippen LogP contribution in [0, 0.1) is 0 Å². The zero-order valence-electron chi connectivity index (χ0n) is 14.5. The zero-order chi connectivity index (χ0) is 16.2. The summed E-state index contributed by atoms with van der Waals surface area (Å²) >= 11 is 0. The molecular weight excluding hydrogens is 417 g/mol. The lowest BCUT2D eigenvalue weighted by molar-refractivity contribution is 0.254. The monoisotopic (exact) mass is 443 g/mol. The van der Waals surface area contributed by atoms with Crippen molar-refractivity contribution in [3.63, 3.8) is 0 Å². The lowest BCUT2D eigenvalue weighted by Crippen LogP contribution is -2.42. The van der Waals surface area contributed by atoms with Crippen LogP contribution in [0.4, 0.5) is 0 Å². The maximum Gasteiger partial charge on any atom is 0.191 e. The summed E-state index contributed by atoms with van der Waals surface area (Å²) in [4.78, 5) is 4.30. The van der Waals surface area contributed by atoms with Gasteiger partial charge in [-0.3, -0.25) is 4.99 Å². The minimum Gasteiger partial charge on any atom is -0.496 e. The van der Waals surface area contributed by atoms with Gasteiger partial charge in [-0.1, -0.05) is 12.2 Å². The average Bonchev–Trinajstić information content (AvgIpc) is 3.18. The minimum absolute atomic E-state index is 0. The molecule has 6 heteroatoms. The second-order valence-electron chi connectivity index (χ2n) is 6.11. The summed E-state index contributed by atoms with van der Waals surface area (Å²) in [5.74, 6) is 2.68. The normalized spacial score (nSPS) is 19.5. The lowest BCUT2D eigenvalue weighted by Gasteiger charge is -2.18. The first-order valence-electron chi connectivity index (χ1n) is 8.18. The van der Waals surface area contributed by atoms with Gasteiger partial charge in [0.1, 0.15) is 17.6 Å². The van der Waals surface area contributed by atoms with Crippen molar-refractivity contribution in [3.8, 4) is 11.5 Å². The summed E-state index contributed by atoms with van der Waals surface area (Å²) in [5.41, 5.74) is 2.30. The fraction of sp³-hybridized carbons (Fsp3) is 0.500. The van der Waals surface area contributed by atoms with Crippen LogP contribution >= 0.6 is 24.0 Å². The number of rotatable bonds is 4. The van der Waals surface area contributed by atoms with Gasteiger partial charge in [0.05, 0.1) is 7.11 Å². The Labute approximate surface area is 160 Å². The average molecular weight is 443 g/mol. The molecular formula is C18H26IN3O2. The Hall–Kier alpha value is -1.44. The van der Waals surface area contributed by atoms with E-state index in [0.717, 1.165) is 42.3 Å². The second-order valence-corrected chi connectivity index (χ2v) is 6.11. The van der Waals surface area contributed by atoms with E-state index in [4.69, 9.17) is 9.47 Å². The van der Waals surface area contributed by atoms with Gasteiger partial charge in [0.15, 0.2) is 5.96 Å². The van der Waals surface area contributed by atoms with Crippen LogP contribution in [0.5, 0.6) is 11.5 Å². The molecule has 1 atom stereocenters. The summed E-state index contributed by atoms with van der Waals surface area (Å²) < 4.78 is 11.4. The van der Waals surface area contributed by atoms with Gasteiger partial charge in [-0.05, 0) is 31.9 Å². The molecule has 1 unspecified atom stereocenters. The number of ether oxygens (including phenoxy) is 2. The van der Waals surface area contributed by atoms with Crippen LogP contribution in [0.3, 0.4) is 0 Å². The van der Waals surface area contributed by atoms with Crippen molar-refractivity contribution in [2.45, 2.75) is 44.9 Å². The lowest BCUT2D eigenvalue weighted by atomic mass is 10.1. The molecule has 0 fully saturated rings. The Morgan fingerprint density at radius 3 is 2.75 bits per heavy atom. The van der Waals surface area contributed by atoms with Crippen LogP contribution in [-0.4, -0.2) is 32.3 Å². The topological polar surface area (TPSA) is 54.9 Å². The van der Waals surface area contributed by atoms with E-state index in [2.05, 4.69) is 46.8 Å². The Kier molecular flexibility index (Phi) is 6.77. The van der Waals surface area contributed by atoms with E-state index in [1.165, 1.54) is 5.56 Å². The minimum atomic E-state index is 0. The number of aliphatic imine (C=N–C) groups is 1. The highest BCUT2D eigenvalue weighted by Crippen LogP contribution is 2.34. The first kappa shape index (κ1) is 18.9. The molecule has 0 saturated heterocycles. The van der Waals surface area contributed by atoms with E-state index in [1.54, 1.807) is 14.2 Å². The highest BCUT2D eigenvalue weighted by Gasteiger charge is 2.21. The van der Waals surface area contributed by atoms with Crippen molar-refractivity contribution in [2.75, 3.05) is 14.2 Å². The third-order valence-electron chi connectivity index (χ3n) is 4.32. The Balaban J connectivity index is 0.00000208. The van der Waals surface area contributed by atoms with E-state index in [1.807, 2.05) is 0 Å². The summed E-state index contributed by atoms with van der Waals surface area (Å²) in [7, 11) is 3.50. The number of halogens is 1. The maximum absolute atomic E-state index is 5.85. The summed E-state index contributed by atoms with van der Waals surface area (Å²) in [5, 5.41) is 6.80. The number of methoxy groups -OCH3 is 1. The van der Waals surface area contributed by atoms with Gasteiger partial charge in [0.2, 0.25) is 0 Å². The highest BCUT2D eigenvalue weighted by molar-refractivity contribution is 14.0. The molecule has 5 nitrogen and oxygen atoms in total. The third-order valence-corrected chi connectivity index (χ3v) is 4.32. The standard InChI is InChI=1S/C18H25N3O2.HI/c1-12-8-13-9-16(22-3)14(10-17(13)23-12)11-20-18(19-2)21-15-6-4-5-7-15;/h4-5,9-10,12,15H,6-8,11H2,1-3H3,(H2,19,20,21);1H. The number of guanidine groups is 1. The molecule has 1 aromatic carbocycles. The van der Waals surface area contributed by atoms with Crippen LogP contribution < -0.4 is 20.1 Å². The van der Waals surface area contributed by atoms with Crippen LogP contribution in [0.15, 0.2) is 29.3 Å². The molecule has 0 spiro atoms. The van der Waals surface area contributed by atoms with E-state index in [9.17, 15) is 0 Å². The van der Waals surface area contributed by atoms with Crippen molar-refractivity contribution in [1.82, 2.24) is 10.6 Å².